The molecule has 0 bridgehead atoms. The van der Waals surface area contributed by atoms with Crippen LogP contribution in [0.2, 0.25) is 0 Å². The van der Waals surface area contributed by atoms with E-state index in [0.29, 0.717) is 30.1 Å². The number of anilines is 1. The Morgan fingerprint density at radius 1 is 1.12 bits per heavy atom. The standard InChI is InChI=1S/C24H22N8O/c1-14-4-2-6-18(27-14)23-28-29-24(33-23)31-11-9-17-21(26-13-25-17)22(31)19-12-20-16(15-7-8-15)5-3-10-32(20)30-19/h2-6,10,12-13,15,22H,7-9,11H2,1H3,(H,25,26)/t22-/m1/s1. The lowest BCUT2D eigenvalue weighted by Crippen LogP contribution is -2.36. The molecular weight excluding hydrogens is 416 g/mol. The van der Waals surface area contributed by atoms with E-state index in [0.717, 1.165) is 34.7 Å². The Balaban J connectivity index is 1.33. The lowest BCUT2D eigenvalue weighted by Gasteiger charge is -2.32. The molecule has 0 amide bonds. The third-order valence-electron chi connectivity index (χ3n) is 6.54. The Hall–Kier alpha value is -4.01. The number of nitrogens with zero attached hydrogens (tertiary/aromatic N) is 7. The zero-order chi connectivity index (χ0) is 21.9. The molecule has 2 aliphatic rings. The van der Waals surface area contributed by atoms with Gasteiger partial charge in [-0.25, -0.2) is 14.5 Å². The fourth-order valence-corrected chi connectivity index (χ4v) is 4.81. The summed E-state index contributed by atoms with van der Waals surface area (Å²) in [6, 6.07) is 12.5. The lowest BCUT2D eigenvalue weighted by molar-refractivity contribution is 0.502. The van der Waals surface area contributed by atoms with Crippen LogP contribution in [0.25, 0.3) is 17.1 Å². The maximum atomic E-state index is 6.12. The first kappa shape index (κ1) is 18.6. The van der Waals surface area contributed by atoms with Gasteiger partial charge in [0.2, 0.25) is 0 Å². The molecule has 5 aromatic heterocycles. The van der Waals surface area contributed by atoms with Crippen LogP contribution in [-0.4, -0.2) is 41.3 Å². The molecule has 0 spiro atoms. The smallest absolute Gasteiger partial charge is 0.319 e. The van der Waals surface area contributed by atoms with Crippen molar-refractivity contribution in [3.8, 4) is 11.6 Å². The molecule has 0 aromatic carbocycles. The highest BCUT2D eigenvalue weighted by atomic mass is 16.4. The first-order valence-corrected chi connectivity index (χ1v) is 11.3. The Morgan fingerprint density at radius 3 is 2.94 bits per heavy atom. The number of fused-ring (bicyclic) bond motifs is 2. The minimum atomic E-state index is -0.217. The van der Waals surface area contributed by atoms with Gasteiger partial charge in [-0.2, -0.15) is 5.10 Å². The van der Waals surface area contributed by atoms with Crippen molar-refractivity contribution < 1.29 is 4.42 Å². The molecule has 1 atom stereocenters. The van der Waals surface area contributed by atoms with Crippen LogP contribution in [0.4, 0.5) is 6.01 Å². The van der Waals surface area contributed by atoms with Crippen LogP contribution >= 0.6 is 0 Å². The number of aromatic amines is 1. The third kappa shape index (κ3) is 3.03. The van der Waals surface area contributed by atoms with Crippen molar-refractivity contribution in [1.29, 1.82) is 0 Å². The van der Waals surface area contributed by atoms with Gasteiger partial charge < -0.3 is 14.3 Å². The van der Waals surface area contributed by atoms with Gasteiger partial charge in [-0.15, -0.1) is 5.10 Å². The van der Waals surface area contributed by atoms with Crippen LogP contribution in [0.3, 0.4) is 0 Å². The van der Waals surface area contributed by atoms with E-state index in [1.165, 1.54) is 18.4 Å². The van der Waals surface area contributed by atoms with Crippen molar-refractivity contribution >= 4 is 11.5 Å². The molecule has 0 unspecified atom stereocenters. The van der Waals surface area contributed by atoms with E-state index in [1.807, 2.05) is 35.8 Å². The van der Waals surface area contributed by atoms with E-state index in [1.54, 1.807) is 6.33 Å². The van der Waals surface area contributed by atoms with Gasteiger partial charge in [0.1, 0.15) is 11.7 Å². The average molecular weight is 438 g/mol. The lowest BCUT2D eigenvalue weighted by atomic mass is 10.00. The van der Waals surface area contributed by atoms with E-state index in [9.17, 15) is 0 Å². The topological polar surface area (TPSA) is 101 Å². The van der Waals surface area contributed by atoms with Gasteiger partial charge in [-0.3, -0.25) is 0 Å². The number of aryl methyl sites for hydroxylation is 1. The number of nitrogens with one attached hydrogen (secondary N) is 1. The third-order valence-corrected chi connectivity index (χ3v) is 6.54. The molecule has 164 valence electrons. The highest BCUT2D eigenvalue weighted by Crippen LogP contribution is 2.43. The highest BCUT2D eigenvalue weighted by Gasteiger charge is 2.36. The minimum absolute atomic E-state index is 0.217. The predicted octanol–water partition coefficient (Wildman–Crippen LogP) is 3.84. The molecular formula is C24H22N8O. The first-order valence-electron chi connectivity index (χ1n) is 11.3. The van der Waals surface area contributed by atoms with Crippen LogP contribution in [-0.2, 0) is 6.42 Å². The predicted molar refractivity (Wildman–Crippen MR) is 121 cm³/mol. The monoisotopic (exact) mass is 438 g/mol. The van der Waals surface area contributed by atoms with Gasteiger partial charge >= 0.3 is 6.01 Å². The molecule has 33 heavy (non-hydrogen) atoms. The normalized spacial score (nSPS) is 18.1. The van der Waals surface area contributed by atoms with Gasteiger partial charge in [0.25, 0.3) is 5.89 Å². The number of rotatable bonds is 4. The number of hydrogen-bond acceptors (Lipinski definition) is 7. The molecule has 1 N–H and O–H groups in total. The number of aromatic nitrogens is 7. The second kappa shape index (κ2) is 6.99. The van der Waals surface area contributed by atoms with Crippen molar-refractivity contribution in [2.45, 2.75) is 38.1 Å². The van der Waals surface area contributed by atoms with Gasteiger partial charge in [0.05, 0.1) is 23.2 Å². The van der Waals surface area contributed by atoms with E-state index in [2.05, 4.69) is 48.2 Å². The van der Waals surface area contributed by atoms with Crippen molar-refractivity contribution in [3.63, 3.8) is 0 Å². The zero-order valence-electron chi connectivity index (χ0n) is 18.1. The summed E-state index contributed by atoms with van der Waals surface area (Å²) in [5, 5.41) is 13.6. The molecule has 6 heterocycles. The van der Waals surface area contributed by atoms with E-state index < -0.39 is 0 Å². The molecule has 1 aliphatic heterocycles. The van der Waals surface area contributed by atoms with E-state index in [4.69, 9.17) is 9.52 Å². The average Bonchev–Trinajstić information content (AvgIpc) is 3.22. The second-order valence-corrected chi connectivity index (χ2v) is 8.80. The number of H-pyrrole nitrogens is 1. The van der Waals surface area contributed by atoms with Gasteiger partial charge in [0, 0.05) is 30.6 Å². The molecule has 1 aliphatic carbocycles. The molecule has 5 aromatic rings. The Labute approximate surface area is 189 Å². The molecule has 0 radical (unpaired) electrons. The Morgan fingerprint density at radius 2 is 2.06 bits per heavy atom. The van der Waals surface area contributed by atoms with Crippen LogP contribution in [0.5, 0.6) is 0 Å². The van der Waals surface area contributed by atoms with Crippen molar-refractivity contribution in [3.05, 3.63) is 77.3 Å². The quantitative estimate of drug-likeness (QED) is 0.455. The summed E-state index contributed by atoms with van der Waals surface area (Å²) in [7, 11) is 0. The van der Waals surface area contributed by atoms with Gasteiger partial charge in [-0.05, 0) is 55.5 Å². The minimum Gasteiger partial charge on any atom is -0.402 e. The molecule has 9 nitrogen and oxygen atoms in total. The van der Waals surface area contributed by atoms with Crippen LogP contribution in [0, 0.1) is 6.92 Å². The molecule has 0 saturated heterocycles. The first-order chi connectivity index (χ1) is 16.2. The van der Waals surface area contributed by atoms with E-state index >= 15 is 0 Å². The fourth-order valence-electron chi connectivity index (χ4n) is 4.81. The fraction of sp³-hybridized carbons (Fsp3) is 0.292. The van der Waals surface area contributed by atoms with Crippen LogP contribution in [0.15, 0.2) is 53.3 Å². The summed E-state index contributed by atoms with van der Waals surface area (Å²) < 4.78 is 8.11. The van der Waals surface area contributed by atoms with Crippen LogP contribution in [0.1, 0.15) is 53.1 Å². The summed E-state index contributed by atoms with van der Waals surface area (Å²) in [6.07, 6.45) is 7.07. The number of hydrogen-bond donors (Lipinski definition) is 1. The second-order valence-electron chi connectivity index (χ2n) is 8.80. The molecule has 1 saturated carbocycles. The van der Waals surface area contributed by atoms with Crippen LogP contribution < -0.4 is 4.90 Å². The van der Waals surface area contributed by atoms with E-state index in [-0.39, 0.29) is 6.04 Å². The maximum absolute atomic E-state index is 6.12. The highest BCUT2D eigenvalue weighted by molar-refractivity contribution is 5.60. The van der Waals surface area contributed by atoms with Crippen molar-refractivity contribution in [2.24, 2.45) is 0 Å². The van der Waals surface area contributed by atoms with Crippen molar-refractivity contribution in [2.75, 3.05) is 11.4 Å². The molecule has 9 heteroatoms. The number of pyridine rings is 2. The molecule has 7 rings (SSSR count). The molecule has 1 fully saturated rings. The summed E-state index contributed by atoms with van der Waals surface area (Å²) in [5.74, 6) is 1.05. The maximum Gasteiger partial charge on any atom is 0.319 e. The Kier molecular flexibility index (Phi) is 3.93. The zero-order valence-corrected chi connectivity index (χ0v) is 18.1. The largest absolute Gasteiger partial charge is 0.402 e. The van der Waals surface area contributed by atoms with Gasteiger partial charge in [0.15, 0.2) is 0 Å². The number of imidazole rings is 1. The Bertz CT molecular complexity index is 1480. The summed E-state index contributed by atoms with van der Waals surface area (Å²) in [6.45, 7) is 2.66. The van der Waals surface area contributed by atoms with Crippen molar-refractivity contribution in [1.82, 2.24) is 34.8 Å². The SMILES string of the molecule is Cc1cccc(-c2nnc(N3CCc4[nH]cnc4[C@H]3c3cc4c(C5CC5)cccn4n3)o2)n1. The van der Waals surface area contributed by atoms with Gasteiger partial charge in [-0.1, -0.05) is 17.2 Å². The summed E-state index contributed by atoms with van der Waals surface area (Å²) >= 11 is 0. The summed E-state index contributed by atoms with van der Waals surface area (Å²) in [5.41, 5.74) is 7.09. The summed E-state index contributed by atoms with van der Waals surface area (Å²) in [4.78, 5) is 14.6.